The molecule has 6 heteroatoms. The van der Waals surface area contributed by atoms with Crippen LogP contribution in [0.25, 0.3) is 11.1 Å². The van der Waals surface area contributed by atoms with Crippen molar-refractivity contribution < 1.29 is 14.3 Å². The highest BCUT2D eigenvalue weighted by Crippen LogP contribution is 2.37. The van der Waals surface area contributed by atoms with Gasteiger partial charge < -0.3 is 14.8 Å². The third kappa shape index (κ3) is 5.73. The zero-order valence-electron chi connectivity index (χ0n) is 19.4. The van der Waals surface area contributed by atoms with E-state index in [1.165, 1.54) is 0 Å². The van der Waals surface area contributed by atoms with Crippen molar-refractivity contribution in [2.24, 2.45) is 0 Å². The van der Waals surface area contributed by atoms with Gasteiger partial charge in [-0.3, -0.25) is 9.78 Å². The summed E-state index contributed by atoms with van der Waals surface area (Å²) < 4.78 is 12.3. The summed E-state index contributed by atoms with van der Waals surface area (Å²) in [6.07, 6.45) is 4.99. The van der Waals surface area contributed by atoms with Crippen LogP contribution in [0.4, 0.5) is 0 Å². The molecule has 3 aromatic rings. The largest absolute Gasteiger partial charge is 0.455 e. The predicted molar refractivity (Wildman–Crippen MR) is 131 cm³/mol. The number of nitrogens with one attached hydrogen (secondary N) is 1. The highest BCUT2D eigenvalue weighted by molar-refractivity contribution is 6.32. The van der Waals surface area contributed by atoms with Crippen molar-refractivity contribution in [1.29, 1.82) is 0 Å². The summed E-state index contributed by atoms with van der Waals surface area (Å²) in [5, 5.41) is 3.52. The number of aromatic nitrogens is 1. The molecule has 0 saturated carbocycles. The van der Waals surface area contributed by atoms with E-state index in [1.54, 1.807) is 30.6 Å². The van der Waals surface area contributed by atoms with E-state index in [0.717, 1.165) is 24.0 Å². The Bertz CT molecular complexity index is 1130. The van der Waals surface area contributed by atoms with Crippen molar-refractivity contribution in [2.45, 2.75) is 57.8 Å². The van der Waals surface area contributed by atoms with Crippen LogP contribution in [-0.4, -0.2) is 28.1 Å². The third-order valence-corrected chi connectivity index (χ3v) is 5.95. The number of rotatable bonds is 5. The molecule has 1 aliphatic heterocycles. The van der Waals surface area contributed by atoms with Gasteiger partial charge in [0.15, 0.2) is 0 Å². The minimum absolute atomic E-state index is 0.0261. The highest BCUT2D eigenvalue weighted by atomic mass is 35.5. The molecule has 1 aromatic heterocycles. The molecule has 0 unspecified atom stereocenters. The summed E-state index contributed by atoms with van der Waals surface area (Å²) in [5.74, 6) is 1.01. The van der Waals surface area contributed by atoms with Crippen molar-refractivity contribution in [3.8, 4) is 22.6 Å². The Labute approximate surface area is 200 Å². The maximum Gasteiger partial charge on any atom is 0.251 e. The molecule has 0 bridgehead atoms. The number of carbonyl (C=O) groups is 1. The van der Waals surface area contributed by atoms with Crippen LogP contribution in [-0.2, 0) is 4.74 Å². The molecule has 1 aliphatic rings. The summed E-state index contributed by atoms with van der Waals surface area (Å²) in [5.41, 5.74) is 1.84. The maximum absolute atomic E-state index is 12.9. The standard InChI is InChI=1S/C27H29ClN2O3/c1-26(2)16-20(17-27(3,4)33-26)30-25(31)19-9-10-24(22(28)15-19)32-23-8-6-5-7-21(23)18-11-13-29-14-12-18/h5-15,20H,16-17H2,1-4H3,(H,30,31). The lowest BCUT2D eigenvalue weighted by molar-refractivity contribution is -0.162. The predicted octanol–water partition coefficient (Wildman–Crippen LogP) is 6.66. The lowest BCUT2D eigenvalue weighted by atomic mass is 9.85. The van der Waals surface area contributed by atoms with Gasteiger partial charge in [-0.15, -0.1) is 0 Å². The first kappa shape index (κ1) is 23.3. The number of pyridine rings is 1. The van der Waals surface area contributed by atoms with Crippen molar-refractivity contribution in [2.75, 3.05) is 0 Å². The fourth-order valence-corrected chi connectivity index (χ4v) is 4.85. The van der Waals surface area contributed by atoms with Crippen molar-refractivity contribution in [3.05, 3.63) is 77.6 Å². The Morgan fingerprint density at radius 1 is 1.00 bits per heavy atom. The molecule has 2 aromatic carbocycles. The molecule has 1 N–H and O–H groups in total. The lowest BCUT2D eigenvalue weighted by Gasteiger charge is -2.45. The monoisotopic (exact) mass is 464 g/mol. The van der Waals surface area contributed by atoms with Gasteiger partial charge >= 0.3 is 0 Å². The Morgan fingerprint density at radius 3 is 2.33 bits per heavy atom. The van der Waals surface area contributed by atoms with Crippen LogP contribution in [0.3, 0.4) is 0 Å². The smallest absolute Gasteiger partial charge is 0.251 e. The molecule has 0 spiro atoms. The van der Waals surface area contributed by atoms with E-state index in [0.29, 0.717) is 22.1 Å². The van der Waals surface area contributed by atoms with Crippen LogP contribution in [0.5, 0.6) is 11.5 Å². The zero-order valence-corrected chi connectivity index (χ0v) is 20.1. The molecule has 0 radical (unpaired) electrons. The van der Waals surface area contributed by atoms with Gasteiger partial charge in [0.25, 0.3) is 5.91 Å². The van der Waals surface area contributed by atoms with Crippen LogP contribution in [0, 0.1) is 0 Å². The Hall–Kier alpha value is -2.89. The topological polar surface area (TPSA) is 60.5 Å². The van der Waals surface area contributed by atoms with Gasteiger partial charge in [0.2, 0.25) is 0 Å². The number of para-hydroxylation sites is 1. The number of ether oxygens (including phenoxy) is 2. The second-order valence-electron chi connectivity index (χ2n) is 9.68. The van der Waals surface area contributed by atoms with E-state index < -0.39 is 0 Å². The number of hydrogen-bond acceptors (Lipinski definition) is 4. The molecule has 0 atom stereocenters. The second kappa shape index (κ2) is 9.16. The molecular formula is C27H29ClN2O3. The van der Waals surface area contributed by atoms with E-state index in [9.17, 15) is 4.79 Å². The summed E-state index contributed by atoms with van der Waals surface area (Å²) in [4.78, 5) is 17.0. The van der Waals surface area contributed by atoms with Crippen LogP contribution < -0.4 is 10.1 Å². The third-order valence-electron chi connectivity index (χ3n) is 5.66. The Balaban J connectivity index is 1.50. The van der Waals surface area contributed by atoms with E-state index in [-0.39, 0.29) is 23.2 Å². The van der Waals surface area contributed by atoms with Crippen molar-refractivity contribution in [1.82, 2.24) is 10.3 Å². The van der Waals surface area contributed by atoms with Gasteiger partial charge in [-0.05, 0) is 82.5 Å². The van der Waals surface area contributed by atoms with Crippen LogP contribution >= 0.6 is 11.6 Å². The van der Waals surface area contributed by atoms with Gasteiger partial charge in [-0.1, -0.05) is 29.8 Å². The first-order chi connectivity index (χ1) is 15.6. The summed E-state index contributed by atoms with van der Waals surface area (Å²) in [6.45, 7) is 8.22. The molecule has 172 valence electrons. The van der Waals surface area contributed by atoms with Crippen LogP contribution in [0.15, 0.2) is 67.0 Å². The maximum atomic E-state index is 12.9. The fourth-order valence-electron chi connectivity index (χ4n) is 4.63. The van der Waals surface area contributed by atoms with Gasteiger partial charge in [-0.25, -0.2) is 0 Å². The average molecular weight is 465 g/mol. The first-order valence-electron chi connectivity index (χ1n) is 11.1. The normalized spacial score (nSPS) is 17.4. The van der Waals surface area contributed by atoms with Gasteiger partial charge in [0.05, 0.1) is 16.2 Å². The molecule has 1 saturated heterocycles. The Morgan fingerprint density at radius 2 is 1.67 bits per heavy atom. The van der Waals surface area contributed by atoms with Gasteiger partial charge in [0.1, 0.15) is 11.5 Å². The number of hydrogen-bond donors (Lipinski definition) is 1. The second-order valence-corrected chi connectivity index (χ2v) is 10.1. The van der Waals surface area contributed by atoms with Crippen LogP contribution in [0.2, 0.25) is 5.02 Å². The van der Waals surface area contributed by atoms with E-state index in [4.69, 9.17) is 21.1 Å². The average Bonchev–Trinajstić information content (AvgIpc) is 2.74. The number of nitrogens with zero attached hydrogens (tertiary/aromatic N) is 1. The fraction of sp³-hybridized carbons (Fsp3) is 0.333. The summed E-state index contributed by atoms with van der Waals surface area (Å²) in [6, 6.07) is 16.7. The summed E-state index contributed by atoms with van der Waals surface area (Å²) in [7, 11) is 0. The quantitative estimate of drug-likeness (QED) is 0.458. The molecule has 33 heavy (non-hydrogen) atoms. The van der Waals surface area contributed by atoms with E-state index in [2.05, 4.69) is 38.0 Å². The lowest BCUT2D eigenvalue weighted by Crippen LogP contribution is -2.52. The van der Waals surface area contributed by atoms with E-state index >= 15 is 0 Å². The van der Waals surface area contributed by atoms with E-state index in [1.807, 2.05) is 36.4 Å². The number of halogens is 1. The molecule has 4 rings (SSSR count). The Kier molecular flexibility index (Phi) is 6.46. The van der Waals surface area contributed by atoms with Gasteiger partial charge in [0, 0.05) is 29.6 Å². The zero-order chi connectivity index (χ0) is 23.6. The molecule has 1 amide bonds. The van der Waals surface area contributed by atoms with Crippen molar-refractivity contribution >= 4 is 17.5 Å². The first-order valence-corrected chi connectivity index (χ1v) is 11.5. The summed E-state index contributed by atoms with van der Waals surface area (Å²) >= 11 is 6.52. The molecule has 1 fully saturated rings. The number of benzene rings is 2. The molecule has 0 aliphatic carbocycles. The van der Waals surface area contributed by atoms with Crippen molar-refractivity contribution in [3.63, 3.8) is 0 Å². The molecular weight excluding hydrogens is 436 g/mol. The molecule has 5 nitrogen and oxygen atoms in total. The number of carbonyl (C=O) groups excluding carboxylic acids is 1. The van der Waals surface area contributed by atoms with Gasteiger partial charge in [-0.2, -0.15) is 0 Å². The van der Waals surface area contributed by atoms with Crippen LogP contribution in [0.1, 0.15) is 50.9 Å². The highest BCUT2D eigenvalue weighted by Gasteiger charge is 2.39. The minimum Gasteiger partial charge on any atom is -0.455 e. The minimum atomic E-state index is -0.294. The molecule has 2 heterocycles. The SMILES string of the molecule is CC1(C)CC(NC(=O)c2ccc(Oc3ccccc3-c3ccncc3)c(Cl)c2)CC(C)(C)O1. The number of amides is 1.